The summed E-state index contributed by atoms with van der Waals surface area (Å²) in [7, 11) is 0. The quantitative estimate of drug-likeness (QED) is 0.0896. The summed E-state index contributed by atoms with van der Waals surface area (Å²) in [6, 6.07) is 220. The Morgan fingerprint density at radius 2 is 0.285 bits per heavy atom. The minimum atomic E-state index is -0.610. The number of benzene rings is 23. The Balaban J connectivity index is 0.000000147. The van der Waals surface area contributed by atoms with Crippen LogP contribution in [0.4, 0.5) is 34.1 Å². The van der Waals surface area contributed by atoms with Crippen LogP contribution in [0.5, 0.6) is 0 Å². The minimum absolute atomic E-state index is 0.547. The smallest absolute Gasteiger partial charge is 0.0720 e. The highest BCUT2D eigenvalue weighted by molar-refractivity contribution is 6.01. The van der Waals surface area contributed by atoms with Crippen LogP contribution in [0.25, 0.3) is 100 Å². The van der Waals surface area contributed by atoms with Crippen molar-refractivity contribution in [3.63, 3.8) is 0 Å². The van der Waals surface area contributed by atoms with E-state index in [1.165, 1.54) is 189 Å². The molecule has 23 aromatic carbocycles. The normalized spacial score (nSPS) is 13.4. The summed E-state index contributed by atoms with van der Waals surface area (Å²) in [6.07, 6.45) is 0. The predicted molar refractivity (Wildman–Crippen MR) is 599 cm³/mol. The third-order valence-corrected chi connectivity index (χ3v) is 30.9. The van der Waals surface area contributed by atoms with Gasteiger partial charge in [0.25, 0.3) is 0 Å². The molecule has 0 atom stereocenters. The number of fused-ring (bicyclic) bond motifs is 18. The van der Waals surface area contributed by atoms with Crippen molar-refractivity contribution in [2.75, 3.05) is 9.80 Å². The van der Waals surface area contributed by atoms with E-state index >= 15 is 0 Å². The average molecular weight is 1830 g/mol. The lowest BCUT2D eigenvalue weighted by Crippen LogP contribution is -2.44. The maximum atomic E-state index is 2.48. The van der Waals surface area contributed by atoms with Gasteiger partial charge in [0.05, 0.1) is 27.3 Å². The van der Waals surface area contributed by atoms with Crippen molar-refractivity contribution in [3.05, 3.63) is 684 Å². The van der Waals surface area contributed by atoms with E-state index in [1.807, 2.05) is 0 Å². The Morgan fingerprint density at radius 1 is 0.104 bits per heavy atom. The molecule has 0 unspecified atom stereocenters. The largest absolute Gasteiger partial charge is 0.311 e. The van der Waals surface area contributed by atoms with Crippen LogP contribution in [0.2, 0.25) is 0 Å². The van der Waals surface area contributed by atoms with Crippen LogP contribution in [0.3, 0.4) is 0 Å². The van der Waals surface area contributed by atoms with Gasteiger partial charge in [0.1, 0.15) is 0 Å². The van der Waals surface area contributed by atoms with Crippen molar-refractivity contribution in [2.24, 2.45) is 0 Å². The molecule has 4 aliphatic rings. The van der Waals surface area contributed by atoms with E-state index < -0.39 is 21.7 Å². The third kappa shape index (κ3) is 13.9. The monoisotopic (exact) mass is 1830 g/mol. The highest BCUT2D eigenvalue weighted by Gasteiger charge is 2.59. The van der Waals surface area contributed by atoms with Crippen molar-refractivity contribution in [2.45, 2.75) is 21.7 Å². The molecule has 0 bridgehead atoms. The molecular formula is C142H98N2. The fourth-order valence-corrected chi connectivity index (χ4v) is 24.8. The molecule has 0 saturated heterocycles. The molecule has 0 aromatic heterocycles. The molecule has 0 heterocycles. The van der Waals surface area contributed by atoms with Crippen LogP contribution >= 0.6 is 0 Å². The number of hydrogen-bond acceptors (Lipinski definition) is 2. The van der Waals surface area contributed by atoms with Crippen molar-refractivity contribution < 1.29 is 0 Å². The van der Waals surface area contributed by atoms with Gasteiger partial charge in [-0.15, -0.1) is 0 Å². The molecule has 0 saturated carbocycles. The molecule has 2 spiro atoms. The molecule has 0 N–H and O–H groups in total. The Morgan fingerprint density at radius 3 is 0.562 bits per heavy atom. The van der Waals surface area contributed by atoms with Crippen molar-refractivity contribution in [3.8, 4) is 100 Å². The molecule has 144 heavy (non-hydrogen) atoms. The van der Waals surface area contributed by atoms with Gasteiger partial charge in [-0.1, -0.05) is 528 Å². The number of rotatable bonds is 17. The standard InChI is InChI=1S/C74H51N.C68H47N/c1-5-20-52(21-6-1)54-36-38-55(39-37-54)57-42-48-62(49-43-57)75(61-46-40-56(41-47-61)53-22-7-2-8-23-53)63-50-44-58(45-51-63)64-29-19-35-71-72(64)65-28-13-14-30-66(65)74(71)69-33-17-15-31-67(69)73(59-24-9-3-10-25-59,60-26-11-4-12-27-60)68-32-16-18-34-70(68)74;1-5-20-48(21-6-1)50-36-38-51(39-37-50)53-42-46-57(47-43-53)69(56-44-40-52(41-45-56)49-22-7-2-8-23-49)65-35-19-34-64-66(65)58-28-13-14-29-59(58)68(64)62-32-17-15-30-60(62)67(54-24-9-3-10-25-54,55-26-11-4-12-27-55)61-31-16-18-33-63(61)68/h1-51H;1-47H. The minimum Gasteiger partial charge on any atom is -0.311 e. The molecule has 27 rings (SSSR count). The highest BCUT2D eigenvalue weighted by atomic mass is 15.2. The van der Waals surface area contributed by atoms with Gasteiger partial charge >= 0.3 is 0 Å². The molecule has 2 heteroatoms. The van der Waals surface area contributed by atoms with E-state index in [1.54, 1.807) is 0 Å². The van der Waals surface area contributed by atoms with E-state index in [4.69, 9.17) is 0 Å². The van der Waals surface area contributed by atoms with Crippen LogP contribution in [0.1, 0.15) is 89.0 Å². The summed E-state index contributed by atoms with van der Waals surface area (Å²) in [5.74, 6) is 0. The van der Waals surface area contributed by atoms with Gasteiger partial charge in [0.15, 0.2) is 0 Å². The summed E-state index contributed by atoms with van der Waals surface area (Å²) < 4.78 is 0. The van der Waals surface area contributed by atoms with Gasteiger partial charge in [0, 0.05) is 34.0 Å². The maximum Gasteiger partial charge on any atom is 0.0720 e. The highest BCUT2D eigenvalue weighted by Crippen LogP contribution is 2.69. The van der Waals surface area contributed by atoms with Crippen LogP contribution in [-0.4, -0.2) is 0 Å². The van der Waals surface area contributed by atoms with Crippen LogP contribution < -0.4 is 9.80 Å². The lowest BCUT2D eigenvalue weighted by molar-refractivity contribution is 0.623. The second-order valence-electron chi connectivity index (χ2n) is 38.2. The summed E-state index contributed by atoms with van der Waals surface area (Å²) in [4.78, 5) is 4.85. The first kappa shape index (κ1) is 86.0. The molecule has 23 aromatic rings. The first-order valence-corrected chi connectivity index (χ1v) is 50.1. The lowest BCUT2D eigenvalue weighted by atomic mass is 9.51. The zero-order valence-electron chi connectivity index (χ0n) is 79.5. The summed E-state index contributed by atoms with van der Waals surface area (Å²) >= 11 is 0. The zero-order valence-corrected chi connectivity index (χ0v) is 79.5. The van der Waals surface area contributed by atoms with E-state index in [9.17, 15) is 0 Å². The zero-order chi connectivity index (χ0) is 95.5. The van der Waals surface area contributed by atoms with Crippen LogP contribution in [-0.2, 0) is 21.7 Å². The number of nitrogens with zero attached hydrogens (tertiary/aromatic N) is 2. The van der Waals surface area contributed by atoms with E-state index in [0.717, 1.165) is 34.1 Å². The van der Waals surface area contributed by atoms with E-state index in [-0.39, 0.29) is 0 Å². The Hall–Kier alpha value is -18.3. The fourth-order valence-electron chi connectivity index (χ4n) is 24.8. The van der Waals surface area contributed by atoms with Gasteiger partial charge in [-0.3, -0.25) is 0 Å². The van der Waals surface area contributed by atoms with Gasteiger partial charge in [0.2, 0.25) is 0 Å². The topological polar surface area (TPSA) is 6.48 Å². The molecule has 2 nitrogen and oxygen atoms in total. The Bertz CT molecular complexity index is 8460. The molecular weight excluding hydrogens is 1730 g/mol. The van der Waals surface area contributed by atoms with Crippen LogP contribution in [0.15, 0.2) is 595 Å². The van der Waals surface area contributed by atoms with Crippen molar-refractivity contribution in [1.82, 2.24) is 0 Å². The second kappa shape index (κ2) is 36.1. The summed E-state index contributed by atoms with van der Waals surface area (Å²) in [6.45, 7) is 0. The van der Waals surface area contributed by atoms with Gasteiger partial charge < -0.3 is 9.80 Å². The first-order chi connectivity index (χ1) is 71.4. The Labute approximate surface area is 843 Å². The molecule has 0 radical (unpaired) electrons. The SMILES string of the molecule is c1ccc(-c2ccc(-c3ccc(N(c4ccc(-c5ccccc5)cc4)c4ccc(-c5cccc6c5-c5ccccc5C65c6ccccc6C(c6ccccc6)(c6ccccc6)c6ccccc65)cc4)cc3)cc2)cc1.c1ccc(-c2ccc(-c3ccc(N(c4ccc(-c5ccccc5)cc4)c4cccc5c4-c4ccccc4C54c5ccccc5C(c5ccccc5)(c5ccccc5)c5ccccc54)cc3)cc2)cc1. The van der Waals surface area contributed by atoms with Crippen LogP contribution in [0, 0.1) is 0 Å². The summed E-state index contributed by atoms with van der Waals surface area (Å²) in [5, 5.41) is 0. The maximum absolute atomic E-state index is 2.48. The van der Waals surface area contributed by atoms with E-state index in [0.29, 0.717) is 0 Å². The van der Waals surface area contributed by atoms with Gasteiger partial charge in [-0.25, -0.2) is 0 Å². The number of anilines is 6. The van der Waals surface area contributed by atoms with Crippen molar-refractivity contribution in [1.29, 1.82) is 0 Å². The molecule has 0 fully saturated rings. The van der Waals surface area contributed by atoms with Gasteiger partial charge in [-0.05, 0) is 250 Å². The summed E-state index contributed by atoms with van der Waals surface area (Å²) in [5.41, 5.74) is 46.9. The molecule has 0 amide bonds. The van der Waals surface area contributed by atoms with Gasteiger partial charge in [-0.2, -0.15) is 0 Å². The molecule has 4 aliphatic carbocycles. The van der Waals surface area contributed by atoms with Crippen molar-refractivity contribution >= 4 is 34.1 Å². The second-order valence-corrected chi connectivity index (χ2v) is 38.2. The first-order valence-electron chi connectivity index (χ1n) is 50.1. The predicted octanol–water partition coefficient (Wildman–Crippen LogP) is 36.1. The average Bonchev–Trinajstić information content (AvgIpc) is 1.42. The lowest BCUT2D eigenvalue weighted by Gasteiger charge is -2.50. The molecule has 676 valence electrons. The van der Waals surface area contributed by atoms with E-state index in [2.05, 4.69) is 604 Å². The molecule has 0 aliphatic heterocycles. The number of hydrogen-bond donors (Lipinski definition) is 0. The third-order valence-electron chi connectivity index (χ3n) is 30.9. The Kier molecular flexibility index (Phi) is 21.6. The fraction of sp³-hybridized carbons (Fsp3) is 0.0282.